The summed E-state index contributed by atoms with van der Waals surface area (Å²) in [7, 11) is 0. The van der Waals surface area contributed by atoms with E-state index in [4.69, 9.17) is 0 Å². The van der Waals surface area contributed by atoms with Gasteiger partial charge in [-0.2, -0.15) is 0 Å². The van der Waals surface area contributed by atoms with E-state index in [1.165, 1.54) is 3.79 Å². The zero-order valence-electron chi connectivity index (χ0n) is 3.56. The van der Waals surface area contributed by atoms with E-state index in [-0.39, 0.29) is 20.4 Å². The predicted octanol–water partition coefficient (Wildman–Crippen LogP) is 1.37. The third-order valence-corrected chi connectivity index (χ3v) is 1.50. The van der Waals surface area contributed by atoms with Crippen LogP contribution in [0.4, 0.5) is 0 Å². The number of hydrogen-bond donors (Lipinski definition) is 0. The van der Waals surface area contributed by atoms with Crippen LogP contribution in [-0.4, -0.2) is 0 Å². The van der Waals surface area contributed by atoms with Crippen molar-refractivity contribution in [2.75, 3.05) is 0 Å². The van der Waals surface area contributed by atoms with Crippen LogP contribution in [0.1, 0.15) is 6.42 Å². The van der Waals surface area contributed by atoms with Gasteiger partial charge in [-0.1, -0.05) is 0 Å². The van der Waals surface area contributed by atoms with E-state index in [0.717, 1.165) is 6.42 Å². The van der Waals surface area contributed by atoms with Gasteiger partial charge in [0.1, 0.15) is 0 Å². The maximum absolute atomic E-state index is 2.49. The van der Waals surface area contributed by atoms with Crippen molar-refractivity contribution in [1.29, 1.82) is 0 Å². The molecule has 0 saturated carbocycles. The summed E-state index contributed by atoms with van der Waals surface area (Å²) in [4.78, 5) is 0. The maximum atomic E-state index is 2.49. The van der Waals surface area contributed by atoms with Gasteiger partial charge in [0, 0.05) is 20.4 Å². The standard InChI is InChI=1S/C5H5.Au.Pd/c1-2-4-5-3-1;;/h1-3H,4H2;;. The van der Waals surface area contributed by atoms with Gasteiger partial charge in [0.05, 0.1) is 0 Å². The Morgan fingerprint density at radius 2 is 2.29 bits per heavy atom. The molecule has 0 aromatic carbocycles. The largest absolute Gasteiger partial charge is 0 e. The Bertz CT molecular complexity index is 105. The second-order valence-corrected chi connectivity index (χ2v) is 2.59. The van der Waals surface area contributed by atoms with Gasteiger partial charge in [0.15, 0.2) is 0 Å². The Balaban J connectivity index is 0.000000360. The average Bonchev–Trinajstić information content (AvgIpc) is 1.86. The molecule has 1 aliphatic rings. The van der Waals surface area contributed by atoms with Gasteiger partial charge in [-0.3, -0.25) is 0 Å². The third-order valence-electron chi connectivity index (χ3n) is 0.698. The molecular weight excluding hydrogens is 363 g/mol. The summed E-state index contributed by atoms with van der Waals surface area (Å²) in [6, 6.07) is 0. The van der Waals surface area contributed by atoms with Crippen LogP contribution in [0.15, 0.2) is 22.0 Å². The minimum Gasteiger partial charge on any atom is 0 e. The van der Waals surface area contributed by atoms with Crippen LogP contribution >= 0.6 is 0 Å². The number of allylic oxidation sites excluding steroid dienone is 4. The van der Waals surface area contributed by atoms with Gasteiger partial charge in [-0.15, -0.1) is 0 Å². The average molecular weight is 368 g/mol. The first-order chi connectivity index (χ1) is 2.89. The van der Waals surface area contributed by atoms with Crippen LogP contribution in [0.3, 0.4) is 0 Å². The molecule has 0 heterocycles. The fourth-order valence-corrected chi connectivity index (χ4v) is 0.869. The molecule has 2 heteroatoms. The summed E-state index contributed by atoms with van der Waals surface area (Å²) in [5, 5.41) is 0. The first-order valence-corrected chi connectivity index (χ1v) is 2.95. The topological polar surface area (TPSA) is 0 Å². The number of hydrogen-bond acceptors (Lipinski definition) is 0. The summed E-state index contributed by atoms with van der Waals surface area (Å²) >= 11 is 2.49. The van der Waals surface area contributed by atoms with Gasteiger partial charge in [0.25, 0.3) is 0 Å². The molecule has 0 bridgehead atoms. The van der Waals surface area contributed by atoms with Crippen LogP contribution in [0.25, 0.3) is 0 Å². The SMILES string of the molecule is [Au][C]1=CC=CC1.[Pd]. The molecule has 0 fully saturated rings. The second kappa shape index (κ2) is 3.83. The minimum absolute atomic E-state index is 0. The molecule has 0 aromatic rings. The van der Waals surface area contributed by atoms with E-state index >= 15 is 0 Å². The van der Waals surface area contributed by atoms with Crippen molar-refractivity contribution in [2.24, 2.45) is 0 Å². The monoisotopic (exact) mass is 368 g/mol. The van der Waals surface area contributed by atoms with E-state index < -0.39 is 0 Å². The molecule has 7 heavy (non-hydrogen) atoms. The summed E-state index contributed by atoms with van der Waals surface area (Å²) in [6.07, 6.45) is 7.48. The summed E-state index contributed by atoms with van der Waals surface area (Å²) < 4.78 is 1.41. The van der Waals surface area contributed by atoms with Crippen LogP contribution in [0.5, 0.6) is 0 Å². The maximum Gasteiger partial charge on any atom is 0 e. The molecule has 1 rings (SSSR count). The van der Waals surface area contributed by atoms with Crippen LogP contribution < -0.4 is 0 Å². The zero-order chi connectivity index (χ0) is 4.41. The van der Waals surface area contributed by atoms with Crippen LogP contribution in [-0.2, 0) is 41.5 Å². The molecule has 46 valence electrons. The quantitative estimate of drug-likeness (QED) is 0.567. The predicted molar refractivity (Wildman–Crippen MR) is 21.8 cm³/mol. The van der Waals surface area contributed by atoms with Gasteiger partial charge < -0.3 is 0 Å². The summed E-state index contributed by atoms with van der Waals surface area (Å²) in [6.45, 7) is 0. The van der Waals surface area contributed by atoms with E-state index in [1.807, 2.05) is 0 Å². The third kappa shape index (κ3) is 2.64. The van der Waals surface area contributed by atoms with Crippen molar-refractivity contribution >= 4 is 0 Å². The van der Waals surface area contributed by atoms with Crippen molar-refractivity contribution in [3.8, 4) is 0 Å². The summed E-state index contributed by atoms with van der Waals surface area (Å²) in [5.74, 6) is 0. The first-order valence-electron chi connectivity index (χ1n) is 1.87. The summed E-state index contributed by atoms with van der Waals surface area (Å²) in [5.41, 5.74) is 0. The molecule has 0 aliphatic heterocycles. The van der Waals surface area contributed by atoms with Crippen molar-refractivity contribution in [1.82, 2.24) is 0 Å². The smallest absolute Gasteiger partial charge is 0 e. The van der Waals surface area contributed by atoms with Crippen molar-refractivity contribution in [3.05, 3.63) is 22.0 Å². The fraction of sp³-hybridized carbons (Fsp3) is 0.200. The molecule has 0 nitrogen and oxygen atoms in total. The zero-order valence-corrected chi connectivity index (χ0v) is 7.28. The molecule has 0 aromatic heterocycles. The molecule has 0 N–H and O–H groups in total. The fourth-order valence-electron chi connectivity index (χ4n) is 0.405. The Hall–Kier alpha value is 0.883. The van der Waals surface area contributed by atoms with Crippen molar-refractivity contribution < 1.29 is 41.5 Å². The Kier molecular flexibility index (Phi) is 4.32. The van der Waals surface area contributed by atoms with Gasteiger partial charge in [0.2, 0.25) is 0 Å². The van der Waals surface area contributed by atoms with Gasteiger partial charge in [-0.05, 0) is 0 Å². The Morgan fingerprint density at radius 3 is 2.43 bits per heavy atom. The Labute approximate surface area is 69.6 Å². The molecule has 0 radical (unpaired) electrons. The molecule has 0 amide bonds. The molecule has 0 saturated heterocycles. The molecule has 1 aliphatic carbocycles. The van der Waals surface area contributed by atoms with E-state index in [2.05, 4.69) is 39.3 Å². The molecule has 0 atom stereocenters. The van der Waals surface area contributed by atoms with Gasteiger partial charge in [-0.25, -0.2) is 0 Å². The minimum atomic E-state index is 0. The van der Waals surface area contributed by atoms with E-state index in [9.17, 15) is 0 Å². The Morgan fingerprint density at radius 1 is 1.57 bits per heavy atom. The normalized spacial score (nSPS) is 16.0. The molecule has 0 spiro atoms. The molecule has 0 unspecified atom stereocenters. The first kappa shape index (κ1) is 7.88. The van der Waals surface area contributed by atoms with Crippen LogP contribution in [0.2, 0.25) is 0 Å². The van der Waals surface area contributed by atoms with Crippen molar-refractivity contribution in [2.45, 2.75) is 6.42 Å². The van der Waals surface area contributed by atoms with Crippen molar-refractivity contribution in [3.63, 3.8) is 0 Å². The van der Waals surface area contributed by atoms with Crippen LogP contribution in [0, 0.1) is 0 Å². The van der Waals surface area contributed by atoms with Gasteiger partial charge >= 0.3 is 49.5 Å². The number of rotatable bonds is 0. The van der Waals surface area contributed by atoms with E-state index in [1.54, 1.807) is 0 Å². The second-order valence-electron chi connectivity index (χ2n) is 1.20. The molecular formula is C5H5AuPd. The van der Waals surface area contributed by atoms with E-state index in [0.29, 0.717) is 0 Å².